The fourth-order valence-electron chi connectivity index (χ4n) is 1.25. The van der Waals surface area contributed by atoms with Crippen LogP contribution in [0.3, 0.4) is 0 Å². The molecule has 0 radical (unpaired) electrons. The second-order valence-electron chi connectivity index (χ2n) is 2.41. The summed E-state index contributed by atoms with van der Waals surface area (Å²) in [6, 6.07) is 0. The predicted octanol–water partition coefficient (Wildman–Crippen LogP) is 0.130. The first kappa shape index (κ1) is 5.09. The predicted molar refractivity (Wildman–Crippen MR) is 33.5 cm³/mol. The third-order valence-corrected chi connectivity index (χ3v) is 2.99. The summed E-state index contributed by atoms with van der Waals surface area (Å²) in [5.74, 6) is 0. The van der Waals surface area contributed by atoms with Crippen LogP contribution in [0.15, 0.2) is 0 Å². The van der Waals surface area contributed by atoms with E-state index in [2.05, 4.69) is 5.32 Å². The highest BCUT2D eigenvalue weighted by Crippen LogP contribution is 2.37. The summed E-state index contributed by atoms with van der Waals surface area (Å²) in [7, 11) is 0. The maximum Gasteiger partial charge on any atom is 0.0586 e. The molecule has 2 atom stereocenters. The van der Waals surface area contributed by atoms with E-state index in [1.807, 2.05) is 11.8 Å². The van der Waals surface area contributed by atoms with Gasteiger partial charge in [0.25, 0.3) is 0 Å². The lowest BCUT2D eigenvalue weighted by Crippen LogP contribution is -2.54. The number of rotatable bonds is 0. The summed E-state index contributed by atoms with van der Waals surface area (Å²) < 4.78 is 0. The third-order valence-electron chi connectivity index (χ3n) is 1.67. The van der Waals surface area contributed by atoms with Crippen molar-refractivity contribution in [2.75, 3.05) is 0 Å². The summed E-state index contributed by atoms with van der Waals surface area (Å²) in [6.07, 6.45) is 1.87. The van der Waals surface area contributed by atoms with Gasteiger partial charge in [-0.15, -0.1) is 11.8 Å². The zero-order valence-corrected chi connectivity index (χ0v) is 5.32. The maximum atomic E-state index is 9.06. The minimum Gasteiger partial charge on any atom is -0.393 e. The number of nitrogens with one attached hydrogen (secondary N) is 1. The number of hydrogen-bond donors (Lipinski definition) is 2. The van der Waals surface area contributed by atoms with Crippen LogP contribution < -0.4 is 5.32 Å². The number of aliphatic hydroxyl groups excluding tert-OH is 1. The zero-order valence-electron chi connectivity index (χ0n) is 4.50. The molecular weight excluding hydrogens is 122 g/mol. The Morgan fingerprint density at radius 3 is 2.12 bits per heavy atom. The van der Waals surface area contributed by atoms with Crippen molar-refractivity contribution in [1.82, 2.24) is 5.32 Å². The van der Waals surface area contributed by atoms with Crippen LogP contribution in [-0.2, 0) is 0 Å². The molecule has 2 nitrogen and oxygen atoms in total. The standard InChI is InChI=1S/C5H9NOS/c7-3-1-4-6-5(2-3)8-4/h3-7H,1-2H2. The summed E-state index contributed by atoms with van der Waals surface area (Å²) in [6.45, 7) is 0. The molecule has 2 bridgehead atoms. The highest BCUT2D eigenvalue weighted by Gasteiger charge is 2.37. The Morgan fingerprint density at radius 1 is 1.38 bits per heavy atom. The van der Waals surface area contributed by atoms with Crippen LogP contribution >= 0.6 is 11.8 Å². The van der Waals surface area contributed by atoms with Gasteiger partial charge in [-0.25, -0.2) is 0 Å². The van der Waals surface area contributed by atoms with Gasteiger partial charge in [0.15, 0.2) is 0 Å². The first-order chi connectivity index (χ1) is 3.84. The van der Waals surface area contributed by atoms with Crippen molar-refractivity contribution in [3.05, 3.63) is 0 Å². The molecule has 3 heterocycles. The van der Waals surface area contributed by atoms with Gasteiger partial charge in [0.1, 0.15) is 0 Å². The van der Waals surface area contributed by atoms with Crippen LogP contribution in [0.5, 0.6) is 0 Å². The van der Waals surface area contributed by atoms with Gasteiger partial charge in [-0.05, 0) is 12.8 Å². The average molecular weight is 131 g/mol. The number of thioether (sulfide) groups is 1. The first-order valence-electron chi connectivity index (χ1n) is 2.94. The highest BCUT2D eigenvalue weighted by molar-refractivity contribution is 8.01. The van der Waals surface area contributed by atoms with Gasteiger partial charge in [0.05, 0.1) is 16.9 Å². The van der Waals surface area contributed by atoms with Crippen molar-refractivity contribution in [3.8, 4) is 0 Å². The molecule has 0 aromatic carbocycles. The van der Waals surface area contributed by atoms with E-state index < -0.39 is 0 Å². The van der Waals surface area contributed by atoms with E-state index >= 15 is 0 Å². The molecule has 0 aliphatic carbocycles. The molecule has 46 valence electrons. The number of fused-ring (bicyclic) bond motifs is 2. The molecule has 8 heavy (non-hydrogen) atoms. The van der Waals surface area contributed by atoms with E-state index in [0.717, 1.165) is 12.8 Å². The van der Waals surface area contributed by atoms with Crippen LogP contribution in [0.4, 0.5) is 0 Å². The molecule has 0 aromatic rings. The number of aliphatic hydroxyl groups is 1. The van der Waals surface area contributed by atoms with Crippen LogP contribution in [-0.4, -0.2) is 22.0 Å². The molecule has 0 amide bonds. The third kappa shape index (κ3) is 0.658. The van der Waals surface area contributed by atoms with Gasteiger partial charge < -0.3 is 5.11 Å². The van der Waals surface area contributed by atoms with Crippen molar-refractivity contribution in [2.24, 2.45) is 0 Å². The molecule has 3 aliphatic heterocycles. The summed E-state index contributed by atoms with van der Waals surface area (Å²) >= 11 is 1.95. The van der Waals surface area contributed by atoms with E-state index in [4.69, 9.17) is 5.11 Å². The molecule has 3 fully saturated rings. The van der Waals surface area contributed by atoms with Crippen LogP contribution in [0.2, 0.25) is 0 Å². The van der Waals surface area contributed by atoms with Gasteiger partial charge in [-0.2, -0.15) is 0 Å². The monoisotopic (exact) mass is 131 g/mol. The first-order valence-corrected chi connectivity index (χ1v) is 3.88. The highest BCUT2D eigenvalue weighted by atomic mass is 32.2. The van der Waals surface area contributed by atoms with Crippen LogP contribution in [0.25, 0.3) is 0 Å². The molecule has 0 spiro atoms. The quantitative estimate of drug-likeness (QED) is 0.490. The Bertz CT molecular complexity index is 92.6. The summed E-state index contributed by atoms with van der Waals surface area (Å²) in [5, 5.41) is 13.5. The fraction of sp³-hybridized carbons (Fsp3) is 1.00. The molecule has 3 saturated heterocycles. The molecular formula is C5H9NOS. The second-order valence-corrected chi connectivity index (χ2v) is 3.82. The van der Waals surface area contributed by atoms with Crippen molar-refractivity contribution < 1.29 is 5.11 Å². The normalized spacial score (nSPS) is 52.9. The average Bonchev–Trinajstić information content (AvgIpc) is 1.62. The van der Waals surface area contributed by atoms with Crippen LogP contribution in [0.1, 0.15) is 12.8 Å². The molecule has 3 rings (SSSR count). The molecule has 2 N–H and O–H groups in total. The van der Waals surface area contributed by atoms with Crippen molar-refractivity contribution in [2.45, 2.75) is 29.7 Å². The lowest BCUT2D eigenvalue weighted by molar-refractivity contribution is 0.116. The van der Waals surface area contributed by atoms with E-state index in [9.17, 15) is 0 Å². The van der Waals surface area contributed by atoms with Crippen molar-refractivity contribution in [1.29, 1.82) is 0 Å². The molecule has 2 unspecified atom stereocenters. The van der Waals surface area contributed by atoms with Gasteiger partial charge in [0.2, 0.25) is 0 Å². The lowest BCUT2D eigenvalue weighted by Gasteiger charge is -2.43. The van der Waals surface area contributed by atoms with E-state index in [0.29, 0.717) is 10.7 Å². The van der Waals surface area contributed by atoms with Crippen molar-refractivity contribution in [3.63, 3.8) is 0 Å². The Balaban J connectivity index is 1.97. The Kier molecular flexibility index (Phi) is 1.03. The van der Waals surface area contributed by atoms with E-state index in [-0.39, 0.29) is 6.10 Å². The summed E-state index contributed by atoms with van der Waals surface area (Å²) in [4.78, 5) is 0. The smallest absolute Gasteiger partial charge is 0.0586 e. The van der Waals surface area contributed by atoms with Gasteiger partial charge in [-0.1, -0.05) is 0 Å². The summed E-state index contributed by atoms with van der Waals surface area (Å²) in [5.41, 5.74) is 0. The van der Waals surface area contributed by atoms with Gasteiger partial charge >= 0.3 is 0 Å². The topological polar surface area (TPSA) is 32.3 Å². The largest absolute Gasteiger partial charge is 0.393 e. The van der Waals surface area contributed by atoms with Gasteiger partial charge in [0, 0.05) is 0 Å². The SMILES string of the molecule is OC1CC2NC(C1)S2. The minimum atomic E-state index is -0.0208. The lowest BCUT2D eigenvalue weighted by atomic mass is 10.1. The Hall–Kier alpha value is 0.270. The molecule has 3 heteroatoms. The molecule has 3 aliphatic rings. The zero-order chi connectivity index (χ0) is 5.56. The Morgan fingerprint density at radius 2 is 1.88 bits per heavy atom. The second kappa shape index (κ2) is 1.62. The van der Waals surface area contributed by atoms with Crippen LogP contribution in [0, 0.1) is 0 Å². The maximum absolute atomic E-state index is 9.06. The number of hydrogen-bond acceptors (Lipinski definition) is 3. The molecule has 0 aromatic heterocycles. The number of piperidine rings is 1. The molecule has 0 saturated carbocycles. The fourth-order valence-corrected chi connectivity index (χ4v) is 2.57. The Labute approximate surface area is 52.7 Å². The van der Waals surface area contributed by atoms with Gasteiger partial charge in [-0.3, -0.25) is 5.32 Å². The minimum absolute atomic E-state index is 0.0208. The van der Waals surface area contributed by atoms with Crippen molar-refractivity contribution >= 4 is 11.8 Å². The van der Waals surface area contributed by atoms with E-state index in [1.54, 1.807) is 0 Å². The van der Waals surface area contributed by atoms with E-state index in [1.165, 1.54) is 0 Å².